The van der Waals surface area contributed by atoms with Gasteiger partial charge >= 0.3 is 0 Å². The van der Waals surface area contributed by atoms with Gasteiger partial charge in [-0.25, -0.2) is 0 Å². The first-order chi connectivity index (χ1) is 16.3. The highest BCUT2D eigenvalue weighted by atomic mass is 35.5. The molecule has 5 nitrogen and oxygen atoms in total. The lowest BCUT2D eigenvalue weighted by atomic mass is 10.2. The lowest BCUT2D eigenvalue weighted by Crippen LogP contribution is -2.42. The average Bonchev–Trinajstić information content (AvgIpc) is 3.16. The number of thiophene rings is 1. The van der Waals surface area contributed by atoms with E-state index in [1.165, 1.54) is 17.3 Å². The molecule has 1 aromatic carbocycles. The third-order valence-electron chi connectivity index (χ3n) is 5.04. The first kappa shape index (κ1) is 30.5. The summed E-state index contributed by atoms with van der Waals surface area (Å²) in [5.74, 6) is 0.674. The van der Waals surface area contributed by atoms with Crippen molar-refractivity contribution in [3.63, 3.8) is 0 Å². The van der Waals surface area contributed by atoms with Crippen LogP contribution in [0.1, 0.15) is 49.6 Å². The summed E-state index contributed by atoms with van der Waals surface area (Å²) in [7, 11) is 1.63. The van der Waals surface area contributed by atoms with Crippen molar-refractivity contribution in [3.8, 4) is 0 Å². The van der Waals surface area contributed by atoms with E-state index in [0.717, 1.165) is 47.8 Å². The highest BCUT2D eigenvalue weighted by Crippen LogP contribution is 2.32. The zero-order valence-corrected chi connectivity index (χ0v) is 23.7. The molecule has 0 spiro atoms. The number of halogens is 1. The van der Waals surface area contributed by atoms with Crippen LogP contribution in [0.3, 0.4) is 0 Å². The molecule has 0 N–H and O–H groups in total. The largest absolute Gasteiger partial charge is 0.383 e. The minimum Gasteiger partial charge on any atom is -0.383 e. The Morgan fingerprint density at radius 1 is 1.12 bits per heavy atom. The molecule has 0 aliphatic heterocycles. The standard InChI is InChI=1S/C14H21NOS.C12H18ClNO2S/c1-3-10-15(11-4-2)14(16)17-12-13-8-6-5-7-9-13;1-8-7-17-10(3)12(8)14(11(15)5-13)9(2)6-16-4/h5-9H,3-4,10-12H2,1-2H3;7,9H,5-6H2,1-4H3/t;9-/m.0/s1. The highest BCUT2D eigenvalue weighted by Gasteiger charge is 2.25. The Hall–Kier alpha value is -1.54. The molecule has 0 aliphatic carbocycles. The number of ether oxygens (including phenoxy) is 1. The normalized spacial score (nSPS) is 11.4. The van der Waals surface area contributed by atoms with Gasteiger partial charge in [0.15, 0.2) is 0 Å². The van der Waals surface area contributed by atoms with Crippen molar-refractivity contribution in [2.75, 3.05) is 37.6 Å². The van der Waals surface area contributed by atoms with Crippen LogP contribution < -0.4 is 4.90 Å². The number of nitrogens with zero attached hydrogens (tertiary/aromatic N) is 2. The number of rotatable bonds is 11. The first-order valence-corrected chi connectivity index (χ1v) is 14.1. The fourth-order valence-electron chi connectivity index (χ4n) is 3.54. The van der Waals surface area contributed by atoms with E-state index in [1.807, 2.05) is 43.9 Å². The van der Waals surface area contributed by atoms with Gasteiger partial charge in [-0.2, -0.15) is 0 Å². The zero-order chi connectivity index (χ0) is 25.5. The van der Waals surface area contributed by atoms with E-state index < -0.39 is 0 Å². The molecule has 34 heavy (non-hydrogen) atoms. The number of anilines is 1. The molecule has 8 heteroatoms. The van der Waals surface area contributed by atoms with Crippen LogP contribution in [0.25, 0.3) is 0 Å². The second-order valence-electron chi connectivity index (χ2n) is 8.05. The Labute approximate surface area is 218 Å². The Kier molecular flexibility index (Phi) is 15.2. The van der Waals surface area contributed by atoms with Gasteiger partial charge in [-0.1, -0.05) is 55.9 Å². The van der Waals surface area contributed by atoms with Crippen LogP contribution in [-0.2, 0) is 15.3 Å². The molecule has 2 rings (SSSR count). The summed E-state index contributed by atoms with van der Waals surface area (Å²) in [6.45, 7) is 12.4. The predicted molar refractivity (Wildman–Crippen MR) is 149 cm³/mol. The Balaban J connectivity index is 0.000000340. The summed E-state index contributed by atoms with van der Waals surface area (Å²) in [6.07, 6.45) is 2.05. The van der Waals surface area contributed by atoms with Crippen molar-refractivity contribution in [1.29, 1.82) is 0 Å². The Bertz CT molecular complexity index is 835. The average molecular weight is 527 g/mol. The van der Waals surface area contributed by atoms with Gasteiger partial charge < -0.3 is 14.5 Å². The number of alkyl halides is 1. The molecule has 1 atom stereocenters. The fraction of sp³-hybridized carbons (Fsp3) is 0.538. The second-order valence-corrected chi connectivity index (χ2v) is 10.3. The summed E-state index contributed by atoms with van der Waals surface area (Å²) in [5, 5.41) is 2.26. The maximum Gasteiger partial charge on any atom is 0.281 e. The maximum atomic E-state index is 12.0. The SMILES string of the molecule is CCCN(CCC)C(=O)SCc1ccccc1.COC[C@H](C)N(C(=O)CCl)c1c(C)csc1C. The van der Waals surface area contributed by atoms with Crippen LogP contribution in [0.2, 0.25) is 0 Å². The molecule has 1 aromatic heterocycles. The number of amides is 2. The zero-order valence-electron chi connectivity index (χ0n) is 21.3. The van der Waals surface area contributed by atoms with E-state index in [-0.39, 0.29) is 23.1 Å². The number of hydrogen-bond acceptors (Lipinski definition) is 5. The maximum absolute atomic E-state index is 12.0. The Morgan fingerprint density at radius 3 is 2.21 bits per heavy atom. The van der Waals surface area contributed by atoms with E-state index in [2.05, 4.69) is 31.4 Å². The van der Waals surface area contributed by atoms with Crippen molar-refractivity contribution in [2.24, 2.45) is 0 Å². The number of benzene rings is 1. The van der Waals surface area contributed by atoms with Gasteiger partial charge in [0.2, 0.25) is 5.91 Å². The molecule has 0 fully saturated rings. The molecule has 190 valence electrons. The molecule has 2 amide bonds. The van der Waals surface area contributed by atoms with E-state index in [9.17, 15) is 9.59 Å². The van der Waals surface area contributed by atoms with Crippen LogP contribution in [0.4, 0.5) is 10.5 Å². The van der Waals surface area contributed by atoms with Gasteiger partial charge in [-0.15, -0.1) is 22.9 Å². The fourth-order valence-corrected chi connectivity index (χ4v) is 5.35. The van der Waals surface area contributed by atoms with E-state index in [4.69, 9.17) is 16.3 Å². The van der Waals surface area contributed by atoms with Gasteiger partial charge in [-0.3, -0.25) is 9.59 Å². The summed E-state index contributed by atoms with van der Waals surface area (Å²) in [5.41, 5.74) is 3.29. The van der Waals surface area contributed by atoms with Crippen molar-refractivity contribution >= 4 is 51.5 Å². The number of aryl methyl sites for hydroxylation is 2. The van der Waals surface area contributed by atoms with Crippen molar-refractivity contribution in [1.82, 2.24) is 4.90 Å². The highest BCUT2D eigenvalue weighted by molar-refractivity contribution is 8.12. The van der Waals surface area contributed by atoms with Gasteiger partial charge in [-0.05, 0) is 50.1 Å². The number of carbonyl (C=O) groups excluding carboxylic acids is 2. The molecular weight excluding hydrogens is 488 g/mol. The minimum atomic E-state index is -0.0826. The van der Waals surface area contributed by atoms with E-state index >= 15 is 0 Å². The number of hydrogen-bond donors (Lipinski definition) is 0. The van der Waals surface area contributed by atoms with Gasteiger partial charge in [0.05, 0.1) is 18.3 Å². The van der Waals surface area contributed by atoms with Crippen LogP contribution in [0.15, 0.2) is 35.7 Å². The summed E-state index contributed by atoms with van der Waals surface area (Å²) < 4.78 is 5.12. The van der Waals surface area contributed by atoms with E-state index in [1.54, 1.807) is 23.3 Å². The van der Waals surface area contributed by atoms with Crippen LogP contribution >= 0.6 is 34.7 Å². The third-order valence-corrected chi connectivity index (χ3v) is 7.27. The quantitative estimate of drug-likeness (QED) is 0.292. The molecular formula is C26H39ClN2O3S2. The lowest BCUT2D eigenvalue weighted by Gasteiger charge is -2.29. The molecule has 2 aromatic rings. The number of methoxy groups -OCH3 is 1. The molecule has 1 heterocycles. The topological polar surface area (TPSA) is 49.9 Å². The second kappa shape index (κ2) is 17.0. The smallest absolute Gasteiger partial charge is 0.281 e. The number of thioether (sulfide) groups is 1. The van der Waals surface area contributed by atoms with Gasteiger partial charge in [0.1, 0.15) is 5.88 Å². The molecule has 0 unspecified atom stereocenters. The van der Waals surface area contributed by atoms with E-state index in [0.29, 0.717) is 6.61 Å². The summed E-state index contributed by atoms with van der Waals surface area (Å²) in [4.78, 5) is 28.8. The number of carbonyl (C=O) groups is 2. The monoisotopic (exact) mass is 526 g/mol. The summed E-state index contributed by atoms with van der Waals surface area (Å²) >= 11 is 8.73. The van der Waals surface area contributed by atoms with Crippen molar-refractivity contribution in [3.05, 3.63) is 51.7 Å². The molecule has 0 aliphatic rings. The minimum absolute atomic E-state index is 0.0111. The van der Waals surface area contributed by atoms with Gasteiger partial charge in [0, 0.05) is 30.8 Å². The summed E-state index contributed by atoms with van der Waals surface area (Å²) in [6, 6.07) is 10.1. The van der Waals surface area contributed by atoms with Gasteiger partial charge in [0.25, 0.3) is 5.24 Å². The molecule has 0 saturated heterocycles. The molecule has 0 radical (unpaired) electrons. The predicted octanol–water partition coefficient (Wildman–Crippen LogP) is 7.13. The van der Waals surface area contributed by atoms with Crippen LogP contribution in [-0.4, -0.2) is 54.8 Å². The van der Waals surface area contributed by atoms with Crippen LogP contribution in [0.5, 0.6) is 0 Å². The van der Waals surface area contributed by atoms with Crippen molar-refractivity contribution < 1.29 is 14.3 Å². The lowest BCUT2D eigenvalue weighted by molar-refractivity contribution is -0.116. The van der Waals surface area contributed by atoms with Crippen molar-refractivity contribution in [2.45, 2.75) is 59.3 Å². The first-order valence-electron chi connectivity index (χ1n) is 11.7. The molecule has 0 bridgehead atoms. The molecule has 0 saturated carbocycles. The van der Waals surface area contributed by atoms with Crippen LogP contribution in [0, 0.1) is 13.8 Å². The Morgan fingerprint density at radius 2 is 1.74 bits per heavy atom. The third kappa shape index (κ3) is 9.98.